The van der Waals surface area contributed by atoms with Gasteiger partial charge in [-0.05, 0) is 37.0 Å². The molecule has 6 heteroatoms. The summed E-state index contributed by atoms with van der Waals surface area (Å²) in [6.07, 6.45) is 7.34. The van der Waals surface area contributed by atoms with E-state index < -0.39 is 0 Å². The Labute approximate surface area is 134 Å². The maximum Gasteiger partial charge on any atom is 0.315 e. The lowest BCUT2D eigenvalue weighted by Crippen LogP contribution is -2.41. The third-order valence-corrected chi connectivity index (χ3v) is 3.96. The van der Waals surface area contributed by atoms with Gasteiger partial charge in [0.2, 0.25) is 0 Å². The Morgan fingerprint density at radius 2 is 2.18 bits per heavy atom. The van der Waals surface area contributed by atoms with Gasteiger partial charge in [0.1, 0.15) is 13.2 Å². The molecule has 1 aliphatic carbocycles. The molecular weight excluding hydrogens is 304 g/mol. The molecule has 3 rings (SSSR count). The van der Waals surface area contributed by atoms with Crippen molar-refractivity contribution >= 4 is 17.6 Å². The van der Waals surface area contributed by atoms with E-state index in [-0.39, 0.29) is 12.1 Å². The van der Waals surface area contributed by atoms with Gasteiger partial charge in [0.25, 0.3) is 0 Å². The highest BCUT2D eigenvalue weighted by molar-refractivity contribution is 6.32. The van der Waals surface area contributed by atoms with Gasteiger partial charge in [-0.2, -0.15) is 0 Å². The van der Waals surface area contributed by atoms with Crippen LogP contribution >= 0.6 is 11.6 Å². The van der Waals surface area contributed by atoms with E-state index in [9.17, 15) is 4.79 Å². The zero-order valence-corrected chi connectivity index (χ0v) is 13.0. The molecule has 1 aliphatic heterocycles. The van der Waals surface area contributed by atoms with Crippen molar-refractivity contribution in [2.24, 2.45) is 0 Å². The lowest BCUT2D eigenvalue weighted by Gasteiger charge is -2.21. The molecule has 2 amide bonds. The summed E-state index contributed by atoms with van der Waals surface area (Å²) in [6, 6.07) is 3.58. The second-order valence-electron chi connectivity index (χ2n) is 5.39. The Balaban J connectivity index is 1.57. The predicted molar refractivity (Wildman–Crippen MR) is 84.6 cm³/mol. The number of hydrogen-bond donors (Lipinski definition) is 2. The van der Waals surface area contributed by atoms with E-state index in [2.05, 4.69) is 16.7 Å². The van der Waals surface area contributed by atoms with Crippen LogP contribution in [0.25, 0.3) is 0 Å². The summed E-state index contributed by atoms with van der Waals surface area (Å²) in [5.74, 6) is 1.21. The third kappa shape index (κ3) is 3.65. The van der Waals surface area contributed by atoms with Crippen LogP contribution in [0.3, 0.4) is 0 Å². The number of ether oxygens (including phenoxy) is 2. The molecule has 1 aromatic carbocycles. The normalized spacial score (nSPS) is 19.6. The first kappa shape index (κ1) is 15.0. The fraction of sp³-hybridized carbons (Fsp3) is 0.438. The Hall–Kier alpha value is -1.88. The first-order chi connectivity index (χ1) is 10.7. The Bertz CT molecular complexity index is 589. The first-order valence-corrected chi connectivity index (χ1v) is 7.89. The van der Waals surface area contributed by atoms with Crippen LogP contribution in [-0.2, 0) is 6.54 Å². The van der Waals surface area contributed by atoms with Gasteiger partial charge in [0.05, 0.1) is 5.02 Å². The van der Waals surface area contributed by atoms with E-state index in [1.165, 1.54) is 0 Å². The van der Waals surface area contributed by atoms with Gasteiger partial charge in [-0.1, -0.05) is 23.8 Å². The van der Waals surface area contributed by atoms with Crippen LogP contribution in [0, 0.1) is 0 Å². The summed E-state index contributed by atoms with van der Waals surface area (Å²) in [5, 5.41) is 6.29. The smallest absolute Gasteiger partial charge is 0.315 e. The van der Waals surface area contributed by atoms with Gasteiger partial charge in [-0.15, -0.1) is 0 Å². The molecule has 22 heavy (non-hydrogen) atoms. The maximum absolute atomic E-state index is 11.9. The lowest BCUT2D eigenvalue weighted by molar-refractivity contribution is 0.171. The van der Waals surface area contributed by atoms with Crippen molar-refractivity contribution in [1.29, 1.82) is 0 Å². The van der Waals surface area contributed by atoms with Crippen molar-refractivity contribution in [3.63, 3.8) is 0 Å². The zero-order chi connectivity index (χ0) is 15.4. The highest BCUT2D eigenvalue weighted by Crippen LogP contribution is 2.38. The number of hydrogen-bond acceptors (Lipinski definition) is 3. The van der Waals surface area contributed by atoms with Gasteiger partial charge in [0.15, 0.2) is 11.5 Å². The molecule has 0 bridgehead atoms. The molecule has 0 radical (unpaired) electrons. The summed E-state index contributed by atoms with van der Waals surface area (Å²) < 4.78 is 11.0. The van der Waals surface area contributed by atoms with E-state index in [0.29, 0.717) is 36.3 Å². The Morgan fingerprint density at radius 1 is 1.32 bits per heavy atom. The number of rotatable bonds is 3. The minimum Gasteiger partial charge on any atom is -0.486 e. The summed E-state index contributed by atoms with van der Waals surface area (Å²) >= 11 is 6.18. The second kappa shape index (κ2) is 6.92. The van der Waals surface area contributed by atoms with Crippen LogP contribution in [0.2, 0.25) is 5.02 Å². The van der Waals surface area contributed by atoms with Crippen LogP contribution in [0.1, 0.15) is 24.8 Å². The third-order valence-electron chi connectivity index (χ3n) is 3.68. The number of benzene rings is 1. The highest BCUT2D eigenvalue weighted by atomic mass is 35.5. The molecule has 2 aliphatic rings. The van der Waals surface area contributed by atoms with Crippen LogP contribution in [0.15, 0.2) is 24.3 Å². The maximum atomic E-state index is 11.9. The van der Waals surface area contributed by atoms with Crippen molar-refractivity contribution < 1.29 is 14.3 Å². The Kier molecular flexibility index (Phi) is 4.73. The molecule has 1 heterocycles. The number of nitrogens with one attached hydrogen (secondary N) is 2. The number of carbonyl (C=O) groups excluding carboxylic acids is 1. The van der Waals surface area contributed by atoms with Crippen LogP contribution < -0.4 is 20.1 Å². The van der Waals surface area contributed by atoms with Crippen molar-refractivity contribution in [3.05, 3.63) is 34.9 Å². The topological polar surface area (TPSA) is 59.6 Å². The average molecular weight is 323 g/mol. The van der Waals surface area contributed by atoms with E-state index in [1.54, 1.807) is 6.07 Å². The minimum atomic E-state index is -0.178. The number of carbonyl (C=O) groups is 1. The van der Waals surface area contributed by atoms with Crippen molar-refractivity contribution in [2.75, 3.05) is 13.2 Å². The number of halogens is 1. The second-order valence-corrected chi connectivity index (χ2v) is 5.80. The highest BCUT2D eigenvalue weighted by Gasteiger charge is 2.17. The number of amides is 2. The van der Waals surface area contributed by atoms with Crippen LogP contribution in [0.4, 0.5) is 4.79 Å². The molecule has 5 nitrogen and oxygen atoms in total. The molecule has 0 fully saturated rings. The predicted octanol–water partition coefficient (Wildman–Crippen LogP) is 3.02. The molecular formula is C16H19ClN2O3. The first-order valence-electron chi connectivity index (χ1n) is 7.51. The monoisotopic (exact) mass is 322 g/mol. The molecule has 0 spiro atoms. The van der Waals surface area contributed by atoms with E-state index >= 15 is 0 Å². The SMILES string of the molecule is O=C(NCc1cc(Cl)c2c(c1)OCCO2)N[C@@H]1C=CCCC1. The summed E-state index contributed by atoms with van der Waals surface area (Å²) in [6.45, 7) is 1.40. The fourth-order valence-electron chi connectivity index (χ4n) is 2.60. The standard InChI is InChI=1S/C16H19ClN2O3/c17-13-8-11(9-14-15(13)22-7-6-21-14)10-18-16(20)19-12-4-2-1-3-5-12/h2,4,8-9,12H,1,3,5-7,10H2,(H2,18,19,20)/t12-/m1/s1. The van der Waals surface area contributed by atoms with Gasteiger partial charge in [-0.25, -0.2) is 4.79 Å². The summed E-state index contributed by atoms with van der Waals surface area (Å²) in [4.78, 5) is 11.9. The van der Waals surface area contributed by atoms with E-state index in [0.717, 1.165) is 24.8 Å². The molecule has 0 unspecified atom stereocenters. The lowest BCUT2D eigenvalue weighted by atomic mass is 10.0. The molecule has 1 aromatic rings. The number of fused-ring (bicyclic) bond motifs is 1. The molecule has 1 atom stereocenters. The van der Waals surface area contributed by atoms with Gasteiger partial charge >= 0.3 is 6.03 Å². The molecule has 118 valence electrons. The van der Waals surface area contributed by atoms with Crippen molar-refractivity contribution in [2.45, 2.75) is 31.8 Å². The average Bonchev–Trinajstić information content (AvgIpc) is 2.54. The summed E-state index contributed by atoms with van der Waals surface area (Å²) in [7, 11) is 0. The molecule has 0 saturated carbocycles. The molecule has 0 saturated heterocycles. The number of allylic oxidation sites excluding steroid dienone is 1. The van der Waals surface area contributed by atoms with E-state index in [1.807, 2.05) is 12.1 Å². The molecule has 0 aromatic heterocycles. The van der Waals surface area contributed by atoms with Crippen molar-refractivity contribution in [1.82, 2.24) is 10.6 Å². The van der Waals surface area contributed by atoms with Gasteiger partial charge in [-0.3, -0.25) is 0 Å². The minimum absolute atomic E-state index is 0.123. The number of urea groups is 1. The quantitative estimate of drug-likeness (QED) is 0.841. The van der Waals surface area contributed by atoms with Crippen LogP contribution in [-0.4, -0.2) is 25.3 Å². The van der Waals surface area contributed by atoms with Crippen molar-refractivity contribution in [3.8, 4) is 11.5 Å². The zero-order valence-electron chi connectivity index (χ0n) is 12.2. The van der Waals surface area contributed by atoms with Crippen LogP contribution in [0.5, 0.6) is 11.5 Å². The largest absolute Gasteiger partial charge is 0.486 e. The Morgan fingerprint density at radius 3 is 3.00 bits per heavy atom. The van der Waals surface area contributed by atoms with Gasteiger partial charge < -0.3 is 20.1 Å². The van der Waals surface area contributed by atoms with Gasteiger partial charge in [0, 0.05) is 12.6 Å². The fourth-order valence-corrected chi connectivity index (χ4v) is 2.89. The summed E-state index contributed by atoms with van der Waals surface area (Å²) in [5.41, 5.74) is 0.878. The molecule has 2 N–H and O–H groups in total. The van der Waals surface area contributed by atoms with E-state index in [4.69, 9.17) is 21.1 Å².